The van der Waals surface area contributed by atoms with Gasteiger partial charge in [-0.05, 0) is 25.5 Å². The van der Waals surface area contributed by atoms with Crippen LogP contribution in [-0.4, -0.2) is 55.8 Å². The summed E-state index contributed by atoms with van der Waals surface area (Å²) in [5, 5.41) is 0. The van der Waals surface area contributed by atoms with Crippen molar-refractivity contribution >= 4 is 17.4 Å². The summed E-state index contributed by atoms with van der Waals surface area (Å²) in [6.45, 7) is 4.94. The number of fused-ring (bicyclic) bond motifs is 1. The number of hydrogen-bond acceptors (Lipinski definition) is 6. The number of aromatic nitrogens is 2. The highest BCUT2D eigenvalue weighted by Gasteiger charge is 2.32. The van der Waals surface area contributed by atoms with Crippen molar-refractivity contribution in [2.75, 3.05) is 49.8 Å². The number of ether oxygens (including phenoxy) is 2. The Hall–Kier alpha value is -2.74. The molecule has 28 heavy (non-hydrogen) atoms. The minimum atomic E-state index is -0.580. The summed E-state index contributed by atoms with van der Waals surface area (Å²) >= 11 is 0. The number of carbonyl (C=O) groups is 1. The van der Waals surface area contributed by atoms with E-state index in [0.717, 1.165) is 18.9 Å². The predicted molar refractivity (Wildman–Crippen MR) is 102 cm³/mol. The molecule has 2 aromatic rings. The van der Waals surface area contributed by atoms with Gasteiger partial charge in [0.15, 0.2) is 0 Å². The molecule has 0 N–H and O–H groups in total. The molecular weight excluding hydrogens is 363 g/mol. The first kappa shape index (κ1) is 18.6. The Morgan fingerprint density at radius 3 is 2.79 bits per heavy atom. The van der Waals surface area contributed by atoms with Crippen LogP contribution in [0.25, 0.3) is 0 Å². The van der Waals surface area contributed by atoms with Crippen molar-refractivity contribution in [3.8, 4) is 5.88 Å². The quantitative estimate of drug-likeness (QED) is 0.802. The summed E-state index contributed by atoms with van der Waals surface area (Å²) in [5.41, 5.74) is 1.22. The van der Waals surface area contributed by atoms with Crippen molar-refractivity contribution in [1.29, 1.82) is 0 Å². The molecule has 0 aliphatic carbocycles. The fraction of sp³-hybridized carbons (Fsp3) is 0.450. The number of benzene rings is 1. The number of amides is 1. The first-order valence-electron chi connectivity index (χ1n) is 9.43. The van der Waals surface area contributed by atoms with Gasteiger partial charge in [-0.1, -0.05) is 6.07 Å². The second kappa shape index (κ2) is 7.71. The molecule has 1 saturated heterocycles. The van der Waals surface area contributed by atoms with Gasteiger partial charge in [-0.3, -0.25) is 4.79 Å². The van der Waals surface area contributed by atoms with Crippen molar-refractivity contribution in [2.24, 2.45) is 0 Å². The standard InChI is InChI=1S/C20H23FN4O3/c1-13(20(26)25-7-6-14-15(21)4-3-5-16(14)25)19-22-17(12-18(23-19)27-2)24-8-10-28-11-9-24/h3-5,12-13H,6-11H2,1-2H3. The van der Waals surface area contributed by atoms with E-state index >= 15 is 0 Å². The van der Waals surface area contributed by atoms with Crippen molar-refractivity contribution in [1.82, 2.24) is 9.97 Å². The zero-order chi connectivity index (χ0) is 19.7. The highest BCUT2D eigenvalue weighted by Crippen LogP contribution is 2.32. The fourth-order valence-electron chi connectivity index (χ4n) is 3.65. The number of methoxy groups -OCH3 is 1. The van der Waals surface area contributed by atoms with Crippen molar-refractivity contribution in [2.45, 2.75) is 19.3 Å². The fourth-order valence-corrected chi connectivity index (χ4v) is 3.65. The Balaban J connectivity index is 1.62. The lowest BCUT2D eigenvalue weighted by Crippen LogP contribution is -2.37. The summed E-state index contributed by atoms with van der Waals surface area (Å²) < 4.78 is 24.7. The number of hydrogen-bond donors (Lipinski definition) is 0. The van der Waals surface area contributed by atoms with Gasteiger partial charge >= 0.3 is 0 Å². The summed E-state index contributed by atoms with van der Waals surface area (Å²) in [6.07, 6.45) is 0.512. The molecule has 8 heteroatoms. The highest BCUT2D eigenvalue weighted by atomic mass is 19.1. The van der Waals surface area contributed by atoms with Crippen LogP contribution < -0.4 is 14.5 Å². The molecule has 0 radical (unpaired) electrons. The number of anilines is 2. The Morgan fingerprint density at radius 1 is 1.25 bits per heavy atom. The normalized spacial score (nSPS) is 17.4. The number of rotatable bonds is 4. The lowest BCUT2D eigenvalue weighted by molar-refractivity contribution is -0.119. The van der Waals surface area contributed by atoms with Crippen molar-refractivity contribution < 1.29 is 18.7 Å². The van der Waals surface area contributed by atoms with Crippen molar-refractivity contribution in [3.63, 3.8) is 0 Å². The molecule has 2 aliphatic heterocycles. The number of morpholine rings is 1. The zero-order valence-corrected chi connectivity index (χ0v) is 16.0. The molecule has 4 rings (SSSR count). The molecule has 0 spiro atoms. The Labute approximate surface area is 163 Å². The second-order valence-corrected chi connectivity index (χ2v) is 6.93. The monoisotopic (exact) mass is 386 g/mol. The summed E-state index contributed by atoms with van der Waals surface area (Å²) in [4.78, 5) is 25.9. The maximum absolute atomic E-state index is 14.0. The molecular formula is C20H23FN4O3. The van der Waals surface area contributed by atoms with Gasteiger partial charge in [-0.15, -0.1) is 0 Å². The van der Waals surface area contributed by atoms with E-state index < -0.39 is 5.92 Å². The number of nitrogens with zero attached hydrogens (tertiary/aromatic N) is 4. The first-order chi connectivity index (χ1) is 13.6. The van der Waals surface area contributed by atoms with Gasteiger partial charge in [0.25, 0.3) is 0 Å². The molecule has 0 saturated carbocycles. The van der Waals surface area contributed by atoms with E-state index in [0.29, 0.717) is 49.1 Å². The second-order valence-electron chi connectivity index (χ2n) is 6.93. The molecule has 148 valence electrons. The van der Waals surface area contributed by atoms with Crippen LogP contribution in [0.5, 0.6) is 5.88 Å². The smallest absolute Gasteiger partial charge is 0.237 e. The van der Waals surface area contributed by atoms with E-state index in [9.17, 15) is 9.18 Å². The lowest BCUT2D eigenvalue weighted by atomic mass is 10.1. The van der Waals surface area contributed by atoms with Crippen LogP contribution >= 0.6 is 0 Å². The molecule has 1 atom stereocenters. The Bertz CT molecular complexity index is 886. The van der Waals surface area contributed by atoms with Gasteiger partial charge in [-0.25, -0.2) is 9.37 Å². The molecule has 1 unspecified atom stereocenters. The third-order valence-electron chi connectivity index (χ3n) is 5.24. The van der Waals surface area contributed by atoms with E-state index in [1.165, 1.54) is 6.07 Å². The lowest BCUT2D eigenvalue weighted by Gasteiger charge is -2.28. The summed E-state index contributed by atoms with van der Waals surface area (Å²) in [5.74, 6) is 0.537. The average Bonchev–Trinajstić information content (AvgIpc) is 3.18. The van der Waals surface area contributed by atoms with Gasteiger partial charge < -0.3 is 19.3 Å². The summed E-state index contributed by atoms with van der Waals surface area (Å²) in [6, 6.07) is 6.60. The molecule has 7 nitrogen and oxygen atoms in total. The van der Waals surface area contributed by atoms with Crippen LogP contribution in [0.1, 0.15) is 24.2 Å². The van der Waals surface area contributed by atoms with E-state index in [1.54, 1.807) is 37.1 Å². The molecule has 1 aromatic carbocycles. The minimum Gasteiger partial charge on any atom is -0.481 e. The molecule has 0 bridgehead atoms. The zero-order valence-electron chi connectivity index (χ0n) is 16.0. The predicted octanol–water partition coefficient (Wildman–Crippen LogP) is 2.15. The van der Waals surface area contributed by atoms with Crippen molar-refractivity contribution in [3.05, 3.63) is 41.5 Å². The largest absolute Gasteiger partial charge is 0.481 e. The van der Waals surface area contributed by atoms with Crippen LogP contribution in [-0.2, 0) is 16.0 Å². The van der Waals surface area contributed by atoms with E-state index in [2.05, 4.69) is 14.9 Å². The topological polar surface area (TPSA) is 67.8 Å². The number of halogens is 1. The highest BCUT2D eigenvalue weighted by molar-refractivity contribution is 5.99. The van der Waals surface area contributed by atoms with Crippen LogP contribution in [0.15, 0.2) is 24.3 Å². The first-order valence-corrected chi connectivity index (χ1v) is 9.43. The van der Waals surface area contributed by atoms with Crippen LogP contribution in [0.2, 0.25) is 0 Å². The van der Waals surface area contributed by atoms with E-state index in [1.807, 2.05) is 0 Å². The Morgan fingerprint density at radius 2 is 2.04 bits per heavy atom. The maximum atomic E-state index is 14.0. The molecule has 1 fully saturated rings. The average molecular weight is 386 g/mol. The van der Waals surface area contributed by atoms with Gasteiger partial charge in [0.2, 0.25) is 11.8 Å². The van der Waals surface area contributed by atoms with E-state index in [4.69, 9.17) is 9.47 Å². The maximum Gasteiger partial charge on any atom is 0.237 e. The third kappa shape index (κ3) is 3.40. The molecule has 2 aliphatic rings. The molecule has 1 amide bonds. The Kier molecular flexibility index (Phi) is 5.13. The third-order valence-corrected chi connectivity index (χ3v) is 5.24. The van der Waals surface area contributed by atoms with Gasteiger partial charge in [0.1, 0.15) is 17.5 Å². The van der Waals surface area contributed by atoms with Crippen LogP contribution in [0.3, 0.4) is 0 Å². The van der Waals surface area contributed by atoms with E-state index in [-0.39, 0.29) is 11.7 Å². The van der Waals surface area contributed by atoms with Gasteiger partial charge in [0, 0.05) is 37.0 Å². The molecule has 1 aromatic heterocycles. The van der Waals surface area contributed by atoms with Crippen LogP contribution in [0.4, 0.5) is 15.9 Å². The molecule has 3 heterocycles. The van der Waals surface area contributed by atoms with Gasteiger partial charge in [0.05, 0.1) is 26.2 Å². The summed E-state index contributed by atoms with van der Waals surface area (Å²) in [7, 11) is 1.54. The minimum absolute atomic E-state index is 0.148. The van der Waals surface area contributed by atoms with Crippen LogP contribution in [0, 0.1) is 5.82 Å². The SMILES string of the molecule is COc1cc(N2CCOCC2)nc(C(C)C(=O)N2CCc3c(F)cccc32)n1. The number of carbonyl (C=O) groups excluding carboxylic acids is 1. The van der Waals surface area contributed by atoms with Gasteiger partial charge in [-0.2, -0.15) is 4.98 Å².